The zero-order valence-electron chi connectivity index (χ0n) is 20.1. The normalized spacial score (nSPS) is 16.8. The van der Waals surface area contributed by atoms with Crippen LogP contribution in [-0.2, 0) is 14.6 Å². The maximum atomic E-state index is 12.7. The number of ether oxygens (including phenoxy) is 2. The van der Waals surface area contributed by atoms with Crippen LogP contribution >= 0.6 is 23.2 Å². The minimum absolute atomic E-state index is 0.0337. The van der Waals surface area contributed by atoms with E-state index in [0.29, 0.717) is 33.7 Å². The molecule has 3 aromatic rings. The minimum Gasteiger partial charge on any atom is -0.491 e. The van der Waals surface area contributed by atoms with Crippen molar-refractivity contribution in [2.75, 3.05) is 23.4 Å². The van der Waals surface area contributed by atoms with E-state index in [9.17, 15) is 13.2 Å². The molecule has 1 amide bonds. The summed E-state index contributed by atoms with van der Waals surface area (Å²) in [5, 5.41) is 8.23. The zero-order chi connectivity index (χ0) is 26.0. The number of hydrogen-bond donors (Lipinski definition) is 1. The highest BCUT2D eigenvalue weighted by Gasteiger charge is 2.32. The third-order valence-electron chi connectivity index (χ3n) is 5.64. The van der Waals surface area contributed by atoms with Crippen LogP contribution in [0.1, 0.15) is 31.9 Å². The van der Waals surface area contributed by atoms with E-state index in [0.717, 1.165) is 16.9 Å². The number of hydrogen-bond acceptors (Lipinski definition) is 6. The summed E-state index contributed by atoms with van der Waals surface area (Å²) in [5.41, 5.74) is 2.37. The van der Waals surface area contributed by atoms with Gasteiger partial charge in [-0.15, -0.1) is 0 Å². The zero-order valence-corrected chi connectivity index (χ0v) is 22.5. The van der Waals surface area contributed by atoms with Crippen molar-refractivity contribution in [1.82, 2.24) is 9.78 Å². The van der Waals surface area contributed by atoms with Gasteiger partial charge in [0.1, 0.15) is 17.3 Å². The van der Waals surface area contributed by atoms with Crippen molar-refractivity contribution >= 4 is 44.8 Å². The third kappa shape index (κ3) is 6.32. The molecule has 0 aliphatic carbocycles. The maximum Gasteiger partial charge on any atom is 0.263 e. The molecule has 1 aliphatic rings. The molecule has 0 bridgehead atoms. The highest BCUT2D eigenvalue weighted by molar-refractivity contribution is 7.91. The first-order chi connectivity index (χ1) is 17.0. The van der Waals surface area contributed by atoms with Crippen molar-refractivity contribution in [3.8, 4) is 22.8 Å². The first-order valence-electron chi connectivity index (χ1n) is 11.5. The highest BCUT2D eigenvalue weighted by atomic mass is 35.5. The Labute approximate surface area is 220 Å². The average Bonchev–Trinajstić information content (AvgIpc) is 3.37. The fourth-order valence-corrected chi connectivity index (χ4v) is 6.14. The van der Waals surface area contributed by atoms with Crippen LogP contribution in [-0.4, -0.2) is 48.3 Å². The number of halogens is 2. The molecular formula is C25H27Cl2N3O5S. The molecule has 8 nitrogen and oxygen atoms in total. The van der Waals surface area contributed by atoms with Crippen LogP contribution in [0.2, 0.25) is 10.0 Å². The SMILES string of the molecule is Cc1cc(-c2cc(NC(=O)COc3ccc(Cl)cc3Cl)n(C3CCS(=O)(=O)C3)n2)ccc1OC(C)C. The number of nitrogens with zero attached hydrogens (tertiary/aromatic N) is 2. The van der Waals surface area contributed by atoms with E-state index in [1.165, 1.54) is 6.07 Å². The Kier molecular flexibility index (Phi) is 7.82. The number of benzene rings is 2. The van der Waals surface area contributed by atoms with Gasteiger partial charge in [-0.3, -0.25) is 4.79 Å². The van der Waals surface area contributed by atoms with Crippen LogP contribution in [0.15, 0.2) is 42.5 Å². The van der Waals surface area contributed by atoms with Crippen LogP contribution in [0.25, 0.3) is 11.3 Å². The number of anilines is 1. The van der Waals surface area contributed by atoms with Crippen molar-refractivity contribution in [2.45, 2.75) is 39.3 Å². The van der Waals surface area contributed by atoms with Gasteiger partial charge in [-0.25, -0.2) is 13.1 Å². The number of rotatable bonds is 8. The molecule has 2 heterocycles. The molecule has 1 fully saturated rings. The maximum absolute atomic E-state index is 12.7. The van der Waals surface area contributed by atoms with E-state index in [1.807, 2.05) is 39.0 Å². The lowest BCUT2D eigenvalue weighted by atomic mass is 10.1. The van der Waals surface area contributed by atoms with Crippen molar-refractivity contribution < 1.29 is 22.7 Å². The fraction of sp³-hybridized carbons (Fsp3) is 0.360. The molecule has 0 saturated carbocycles. The Morgan fingerprint density at radius 1 is 1.17 bits per heavy atom. The molecule has 0 spiro atoms. The number of aryl methyl sites for hydroxylation is 1. The summed E-state index contributed by atoms with van der Waals surface area (Å²) in [6.45, 7) is 5.57. The number of aromatic nitrogens is 2. The summed E-state index contributed by atoms with van der Waals surface area (Å²) in [5.74, 6) is 1.11. The number of amides is 1. The second-order valence-electron chi connectivity index (χ2n) is 8.97. The summed E-state index contributed by atoms with van der Waals surface area (Å²) in [7, 11) is -3.16. The second kappa shape index (κ2) is 10.7. The number of sulfone groups is 1. The summed E-state index contributed by atoms with van der Waals surface area (Å²) in [6, 6.07) is 11.8. The molecule has 1 atom stereocenters. The third-order valence-corrected chi connectivity index (χ3v) is 7.92. The van der Waals surface area contributed by atoms with Crippen molar-refractivity contribution in [3.05, 3.63) is 58.1 Å². The Morgan fingerprint density at radius 3 is 2.56 bits per heavy atom. The van der Waals surface area contributed by atoms with Crippen molar-refractivity contribution in [1.29, 1.82) is 0 Å². The molecule has 36 heavy (non-hydrogen) atoms. The summed E-state index contributed by atoms with van der Waals surface area (Å²) < 4.78 is 37.2. The Hall–Kier alpha value is -2.75. The number of nitrogens with one attached hydrogen (secondary N) is 1. The first kappa shape index (κ1) is 26.3. The predicted molar refractivity (Wildman–Crippen MR) is 141 cm³/mol. The summed E-state index contributed by atoms with van der Waals surface area (Å²) >= 11 is 12.0. The van der Waals surface area contributed by atoms with E-state index in [2.05, 4.69) is 10.4 Å². The first-order valence-corrected chi connectivity index (χ1v) is 14.0. The van der Waals surface area contributed by atoms with E-state index < -0.39 is 15.7 Å². The average molecular weight is 552 g/mol. The van der Waals surface area contributed by atoms with Gasteiger partial charge in [0, 0.05) is 16.7 Å². The lowest BCUT2D eigenvalue weighted by Gasteiger charge is -2.14. The molecule has 1 aliphatic heterocycles. The van der Waals surface area contributed by atoms with E-state index in [4.69, 9.17) is 32.7 Å². The van der Waals surface area contributed by atoms with Gasteiger partial charge in [0.05, 0.1) is 34.4 Å². The van der Waals surface area contributed by atoms with Crippen LogP contribution in [0.3, 0.4) is 0 Å². The molecule has 1 unspecified atom stereocenters. The Balaban J connectivity index is 1.58. The van der Waals surface area contributed by atoms with E-state index >= 15 is 0 Å². The van der Waals surface area contributed by atoms with Gasteiger partial charge in [-0.2, -0.15) is 5.10 Å². The Bertz CT molecular complexity index is 1390. The highest BCUT2D eigenvalue weighted by Crippen LogP contribution is 2.32. The predicted octanol–water partition coefficient (Wildman–Crippen LogP) is 5.33. The standard InChI is InChI=1S/C25H27Cl2N3O5S/c1-15(2)35-22-6-4-17(10-16(22)3)21-12-24(30(29-21)19-8-9-36(32,33)14-19)28-25(31)13-34-23-7-5-18(26)11-20(23)27/h4-7,10-12,15,19H,8-9,13-14H2,1-3H3,(H,28,31). The molecule has 1 N–H and O–H groups in total. The smallest absolute Gasteiger partial charge is 0.263 e. The van der Waals surface area contributed by atoms with Crippen LogP contribution in [0, 0.1) is 6.92 Å². The molecule has 1 aromatic heterocycles. The molecule has 192 valence electrons. The van der Waals surface area contributed by atoms with Gasteiger partial charge >= 0.3 is 0 Å². The van der Waals surface area contributed by atoms with Crippen molar-refractivity contribution in [2.24, 2.45) is 0 Å². The number of carbonyl (C=O) groups is 1. The van der Waals surface area contributed by atoms with Crippen LogP contribution in [0.4, 0.5) is 5.82 Å². The lowest BCUT2D eigenvalue weighted by Crippen LogP contribution is -2.23. The second-order valence-corrected chi connectivity index (χ2v) is 12.0. The van der Waals surface area contributed by atoms with Crippen LogP contribution in [0.5, 0.6) is 11.5 Å². The van der Waals surface area contributed by atoms with Gasteiger partial charge in [0.25, 0.3) is 5.91 Å². The molecule has 0 radical (unpaired) electrons. The molecule has 11 heteroatoms. The van der Waals surface area contributed by atoms with E-state index in [1.54, 1.807) is 22.9 Å². The Morgan fingerprint density at radius 2 is 1.92 bits per heavy atom. The molecular weight excluding hydrogens is 525 g/mol. The summed E-state index contributed by atoms with van der Waals surface area (Å²) in [6.07, 6.45) is 0.466. The molecule has 4 rings (SSSR count). The molecule has 1 saturated heterocycles. The largest absolute Gasteiger partial charge is 0.491 e. The lowest BCUT2D eigenvalue weighted by molar-refractivity contribution is -0.118. The summed E-state index contributed by atoms with van der Waals surface area (Å²) in [4.78, 5) is 12.7. The fourth-order valence-electron chi connectivity index (χ4n) is 3.98. The topological polar surface area (TPSA) is 99.5 Å². The van der Waals surface area contributed by atoms with Gasteiger partial charge in [0.2, 0.25) is 0 Å². The van der Waals surface area contributed by atoms with Crippen molar-refractivity contribution in [3.63, 3.8) is 0 Å². The molecule has 2 aromatic carbocycles. The van der Waals surface area contributed by atoms with E-state index in [-0.39, 0.29) is 30.3 Å². The van der Waals surface area contributed by atoms with Gasteiger partial charge < -0.3 is 14.8 Å². The quantitative estimate of drug-likeness (QED) is 0.406. The van der Waals surface area contributed by atoms with Crippen LogP contribution < -0.4 is 14.8 Å². The van der Waals surface area contributed by atoms with Gasteiger partial charge in [0.15, 0.2) is 16.4 Å². The van der Waals surface area contributed by atoms with Gasteiger partial charge in [-0.05, 0) is 69.2 Å². The minimum atomic E-state index is -3.16. The van der Waals surface area contributed by atoms with Gasteiger partial charge in [-0.1, -0.05) is 23.2 Å². The monoisotopic (exact) mass is 551 g/mol. The number of carbonyl (C=O) groups excluding carboxylic acids is 1.